The summed E-state index contributed by atoms with van der Waals surface area (Å²) >= 11 is 0. The number of ether oxygens (including phenoxy) is 3. The highest BCUT2D eigenvalue weighted by atomic mass is 16.5. The van der Waals surface area contributed by atoms with E-state index in [1.54, 1.807) is 11.8 Å². The number of anilines is 1. The van der Waals surface area contributed by atoms with Gasteiger partial charge in [0.25, 0.3) is 0 Å². The van der Waals surface area contributed by atoms with Gasteiger partial charge in [0.2, 0.25) is 0 Å². The van der Waals surface area contributed by atoms with Crippen LogP contribution < -0.4 is 9.64 Å². The molecule has 1 unspecified atom stereocenters. The molecule has 2 aromatic rings. The molecule has 1 fully saturated rings. The Morgan fingerprint density at radius 1 is 1.23 bits per heavy atom. The van der Waals surface area contributed by atoms with E-state index >= 15 is 0 Å². The van der Waals surface area contributed by atoms with Crippen LogP contribution in [-0.4, -0.2) is 61.2 Å². The number of fused-ring (bicyclic) bond motifs is 1. The minimum atomic E-state index is 0.0717. The molecule has 1 aromatic carbocycles. The minimum Gasteiger partial charge on any atom is -0.492 e. The van der Waals surface area contributed by atoms with E-state index in [9.17, 15) is 5.11 Å². The zero-order valence-electron chi connectivity index (χ0n) is 18.0. The summed E-state index contributed by atoms with van der Waals surface area (Å²) in [4.78, 5) is 2.32. The van der Waals surface area contributed by atoms with Crippen LogP contribution in [0, 0.1) is 5.92 Å². The summed E-state index contributed by atoms with van der Waals surface area (Å²) in [5.74, 6) is 1.49. The highest BCUT2D eigenvalue weighted by Crippen LogP contribution is 2.43. The number of nitrogens with zero attached hydrogens (tertiary/aromatic N) is 3. The normalized spacial score (nSPS) is 19.7. The molecule has 1 saturated heterocycles. The van der Waals surface area contributed by atoms with Gasteiger partial charge in [-0.15, -0.1) is 0 Å². The first-order valence-corrected chi connectivity index (χ1v) is 11.0. The fraction of sp³-hybridized carbons (Fsp3) is 0.609. The number of aliphatic hydroxyl groups is 1. The van der Waals surface area contributed by atoms with E-state index in [0.29, 0.717) is 31.8 Å². The van der Waals surface area contributed by atoms with E-state index in [2.05, 4.69) is 29.1 Å². The van der Waals surface area contributed by atoms with Crippen LogP contribution in [0.4, 0.5) is 5.69 Å². The van der Waals surface area contributed by atoms with Crippen molar-refractivity contribution in [3.8, 4) is 16.9 Å². The first-order chi connectivity index (χ1) is 14.7. The third kappa shape index (κ3) is 4.48. The van der Waals surface area contributed by atoms with E-state index in [0.717, 1.165) is 55.8 Å². The van der Waals surface area contributed by atoms with Gasteiger partial charge in [0.05, 0.1) is 26.0 Å². The summed E-state index contributed by atoms with van der Waals surface area (Å²) < 4.78 is 19.3. The molecule has 4 rings (SSSR count). The average Bonchev–Trinajstić information content (AvgIpc) is 3.23. The van der Waals surface area contributed by atoms with E-state index in [1.807, 2.05) is 12.4 Å². The monoisotopic (exact) mass is 415 g/mol. The molecule has 0 radical (unpaired) electrons. The second kappa shape index (κ2) is 9.81. The molecular weight excluding hydrogens is 382 g/mol. The lowest BCUT2D eigenvalue weighted by molar-refractivity contribution is 0.0497. The number of benzene rings is 1. The van der Waals surface area contributed by atoms with Gasteiger partial charge >= 0.3 is 0 Å². The smallest absolute Gasteiger partial charge is 0.132 e. The highest BCUT2D eigenvalue weighted by molar-refractivity contribution is 5.77. The Kier molecular flexibility index (Phi) is 6.92. The molecule has 0 saturated carbocycles. The zero-order chi connectivity index (χ0) is 20.9. The third-order valence-electron chi connectivity index (χ3n) is 6.24. The van der Waals surface area contributed by atoms with Gasteiger partial charge < -0.3 is 24.2 Å². The molecule has 3 heterocycles. The first kappa shape index (κ1) is 21.2. The molecular formula is C23H33N3O4. The Bertz CT molecular complexity index is 832. The van der Waals surface area contributed by atoms with Crippen molar-refractivity contribution >= 4 is 5.69 Å². The second-order valence-electron chi connectivity index (χ2n) is 8.30. The van der Waals surface area contributed by atoms with Crippen molar-refractivity contribution in [3.05, 3.63) is 30.1 Å². The number of aliphatic hydroxyl groups excluding tert-OH is 1. The van der Waals surface area contributed by atoms with Gasteiger partial charge in [-0.1, -0.05) is 0 Å². The number of aromatic nitrogens is 2. The standard InChI is InChI=1S/C23H33N3O4/c1-17-3-4-21-22(26(17)16-28-2)6-5-20(19-13-24-25(14-19)9-10-27)23(21)30-15-18-7-11-29-12-8-18/h5-6,13-14,17-18,27H,3-4,7-12,15-16H2,1-2H3. The lowest BCUT2D eigenvalue weighted by Crippen LogP contribution is -2.38. The van der Waals surface area contributed by atoms with E-state index < -0.39 is 0 Å². The maximum atomic E-state index is 9.23. The molecule has 2 aliphatic rings. The molecule has 7 heteroatoms. The molecule has 1 N–H and O–H groups in total. The van der Waals surface area contributed by atoms with Crippen LogP contribution in [0.3, 0.4) is 0 Å². The van der Waals surface area contributed by atoms with Gasteiger partial charge in [-0.3, -0.25) is 4.68 Å². The van der Waals surface area contributed by atoms with Crippen LogP contribution in [0.25, 0.3) is 11.1 Å². The van der Waals surface area contributed by atoms with Gasteiger partial charge in [0, 0.05) is 54.9 Å². The summed E-state index contributed by atoms with van der Waals surface area (Å²) in [5.41, 5.74) is 4.54. The van der Waals surface area contributed by atoms with Crippen LogP contribution in [0.5, 0.6) is 5.75 Å². The molecule has 1 atom stereocenters. The molecule has 0 aliphatic carbocycles. The fourth-order valence-corrected chi connectivity index (χ4v) is 4.44. The van der Waals surface area contributed by atoms with Gasteiger partial charge in [0.1, 0.15) is 12.5 Å². The van der Waals surface area contributed by atoms with Gasteiger partial charge in [-0.25, -0.2) is 0 Å². The lowest BCUT2D eigenvalue weighted by Gasteiger charge is -2.37. The maximum absolute atomic E-state index is 9.23. The molecule has 30 heavy (non-hydrogen) atoms. The van der Waals surface area contributed by atoms with Crippen LogP contribution in [-0.2, 0) is 22.4 Å². The lowest BCUT2D eigenvalue weighted by atomic mass is 9.92. The molecule has 7 nitrogen and oxygen atoms in total. The Balaban J connectivity index is 1.69. The molecule has 164 valence electrons. The average molecular weight is 416 g/mol. The fourth-order valence-electron chi connectivity index (χ4n) is 4.44. The quantitative estimate of drug-likeness (QED) is 0.715. The maximum Gasteiger partial charge on any atom is 0.132 e. The summed E-state index contributed by atoms with van der Waals surface area (Å²) in [5, 5.41) is 13.6. The molecule has 0 amide bonds. The van der Waals surface area contributed by atoms with Crippen LogP contribution >= 0.6 is 0 Å². The van der Waals surface area contributed by atoms with E-state index in [1.165, 1.54) is 11.3 Å². The Morgan fingerprint density at radius 2 is 2.07 bits per heavy atom. The van der Waals surface area contributed by atoms with Crippen molar-refractivity contribution < 1.29 is 19.3 Å². The number of rotatable bonds is 8. The highest BCUT2D eigenvalue weighted by Gasteiger charge is 2.28. The third-order valence-corrected chi connectivity index (χ3v) is 6.24. The van der Waals surface area contributed by atoms with Gasteiger partial charge in [-0.05, 0) is 50.7 Å². The number of hydrogen-bond donors (Lipinski definition) is 1. The van der Waals surface area contributed by atoms with Crippen LogP contribution in [0.2, 0.25) is 0 Å². The van der Waals surface area contributed by atoms with Crippen molar-refractivity contribution in [1.82, 2.24) is 9.78 Å². The SMILES string of the molecule is COCN1c2ccc(-c3cnn(CCO)c3)c(OCC3CCOCC3)c2CCC1C. The summed E-state index contributed by atoms with van der Waals surface area (Å²) in [6.07, 6.45) is 7.99. The second-order valence-corrected chi connectivity index (χ2v) is 8.30. The molecule has 0 bridgehead atoms. The van der Waals surface area contributed by atoms with Crippen molar-refractivity contribution in [1.29, 1.82) is 0 Å². The predicted molar refractivity (Wildman–Crippen MR) is 116 cm³/mol. The summed E-state index contributed by atoms with van der Waals surface area (Å²) in [7, 11) is 1.74. The van der Waals surface area contributed by atoms with Crippen molar-refractivity contribution in [2.45, 2.75) is 45.2 Å². The predicted octanol–water partition coefficient (Wildman–Crippen LogP) is 3.09. The van der Waals surface area contributed by atoms with Crippen molar-refractivity contribution in [2.24, 2.45) is 5.92 Å². The Labute approximate surface area is 178 Å². The van der Waals surface area contributed by atoms with Crippen LogP contribution in [0.15, 0.2) is 24.5 Å². The summed E-state index contributed by atoms with van der Waals surface area (Å²) in [6, 6.07) is 4.75. The van der Waals surface area contributed by atoms with Crippen LogP contribution in [0.1, 0.15) is 31.7 Å². The Hall–Kier alpha value is -2.09. The summed E-state index contributed by atoms with van der Waals surface area (Å²) in [6.45, 7) is 5.72. The molecule has 1 aromatic heterocycles. The van der Waals surface area contributed by atoms with Crippen molar-refractivity contribution in [3.63, 3.8) is 0 Å². The van der Waals surface area contributed by atoms with E-state index in [-0.39, 0.29) is 6.61 Å². The zero-order valence-corrected chi connectivity index (χ0v) is 18.0. The molecule has 0 spiro atoms. The number of methoxy groups -OCH3 is 1. The van der Waals surface area contributed by atoms with Crippen molar-refractivity contribution in [2.75, 3.05) is 45.2 Å². The van der Waals surface area contributed by atoms with E-state index in [4.69, 9.17) is 14.2 Å². The molecule has 2 aliphatic heterocycles. The topological polar surface area (TPSA) is 69.0 Å². The first-order valence-electron chi connectivity index (χ1n) is 11.0. The Morgan fingerprint density at radius 3 is 2.83 bits per heavy atom. The van der Waals surface area contributed by atoms with Gasteiger partial charge in [0.15, 0.2) is 0 Å². The number of hydrogen-bond acceptors (Lipinski definition) is 6. The van der Waals surface area contributed by atoms with Gasteiger partial charge in [-0.2, -0.15) is 5.10 Å². The largest absolute Gasteiger partial charge is 0.492 e. The minimum absolute atomic E-state index is 0.0717.